The van der Waals surface area contributed by atoms with Gasteiger partial charge in [0, 0.05) is 28.6 Å². The molecule has 0 spiro atoms. The van der Waals surface area contributed by atoms with Crippen LogP contribution >= 0.6 is 11.6 Å². The van der Waals surface area contributed by atoms with Crippen molar-refractivity contribution < 1.29 is 32.3 Å². The molecule has 0 bridgehead atoms. The zero-order chi connectivity index (χ0) is 25.5. The molecule has 1 amide bonds. The van der Waals surface area contributed by atoms with E-state index in [4.69, 9.17) is 11.6 Å². The van der Waals surface area contributed by atoms with Crippen molar-refractivity contribution in [3.8, 4) is 0 Å². The molecule has 2 aromatic rings. The number of aromatic nitrogens is 2. The van der Waals surface area contributed by atoms with Gasteiger partial charge in [0.15, 0.2) is 5.69 Å². The summed E-state index contributed by atoms with van der Waals surface area (Å²) in [6, 6.07) is 3.95. The first-order chi connectivity index (χ1) is 16.5. The molecule has 1 unspecified atom stereocenters. The molecule has 11 heteroatoms. The summed E-state index contributed by atoms with van der Waals surface area (Å²) in [6.07, 6.45) is -2.41. The molecule has 1 aromatic carbocycles. The number of nitrogens with zero attached hydrogens (tertiary/aromatic N) is 3. The number of alkyl halides is 3. The minimum atomic E-state index is -4.67. The van der Waals surface area contributed by atoms with E-state index in [0.717, 1.165) is 10.7 Å². The number of fused-ring (bicyclic) bond motifs is 1. The number of carbonyl (C=O) groups is 2. The third-order valence-corrected chi connectivity index (χ3v) is 7.51. The fraction of sp³-hybridized carbons (Fsp3) is 0.542. The Morgan fingerprint density at radius 3 is 2.51 bits per heavy atom. The van der Waals surface area contributed by atoms with Crippen molar-refractivity contribution in [3.05, 3.63) is 51.6 Å². The summed E-state index contributed by atoms with van der Waals surface area (Å²) in [4.78, 5) is 26.0. The van der Waals surface area contributed by atoms with Gasteiger partial charge in [-0.3, -0.25) is 14.3 Å². The predicted molar refractivity (Wildman–Crippen MR) is 119 cm³/mol. The molecule has 1 aromatic heterocycles. The smallest absolute Gasteiger partial charge is 0.435 e. The fourth-order valence-electron chi connectivity index (χ4n) is 5.19. The summed E-state index contributed by atoms with van der Waals surface area (Å²) in [5.41, 5.74) is -0.590. The third kappa shape index (κ3) is 5.32. The van der Waals surface area contributed by atoms with Crippen LogP contribution in [0.1, 0.15) is 55.1 Å². The highest BCUT2D eigenvalue weighted by atomic mass is 35.5. The van der Waals surface area contributed by atoms with E-state index in [1.807, 2.05) is 0 Å². The van der Waals surface area contributed by atoms with Gasteiger partial charge >= 0.3 is 12.1 Å². The van der Waals surface area contributed by atoms with Crippen LogP contribution in [0.15, 0.2) is 18.2 Å². The molecular formula is C24H26ClF4N3O3. The number of aliphatic carboxylic acids is 1. The van der Waals surface area contributed by atoms with Crippen LogP contribution in [0.5, 0.6) is 0 Å². The lowest BCUT2D eigenvalue weighted by Gasteiger charge is -2.35. The largest absolute Gasteiger partial charge is 0.481 e. The SMILES string of the molecule is CC(C(=O)N1CCc2c(C(F)(F)F)nn(Cc3ccc(Cl)cc3F)c2C1)C1CCC(C(=O)O)CC1. The van der Waals surface area contributed by atoms with Crippen molar-refractivity contribution in [3.63, 3.8) is 0 Å². The second-order valence-electron chi connectivity index (χ2n) is 9.41. The number of carboxylic acids is 1. The summed E-state index contributed by atoms with van der Waals surface area (Å²) in [5, 5.41) is 13.1. The Hall–Kier alpha value is -2.62. The van der Waals surface area contributed by atoms with Crippen LogP contribution in [-0.4, -0.2) is 38.2 Å². The van der Waals surface area contributed by atoms with Gasteiger partial charge in [0.2, 0.25) is 5.91 Å². The van der Waals surface area contributed by atoms with Gasteiger partial charge in [0.1, 0.15) is 5.82 Å². The minimum Gasteiger partial charge on any atom is -0.481 e. The van der Waals surface area contributed by atoms with Gasteiger partial charge in [0.25, 0.3) is 0 Å². The second-order valence-corrected chi connectivity index (χ2v) is 9.85. The monoisotopic (exact) mass is 515 g/mol. The average Bonchev–Trinajstić information content (AvgIpc) is 3.18. The molecule has 6 nitrogen and oxygen atoms in total. The molecule has 0 radical (unpaired) electrons. The highest BCUT2D eigenvalue weighted by Crippen LogP contribution is 2.38. The van der Waals surface area contributed by atoms with E-state index in [0.29, 0.717) is 25.7 Å². The Bertz CT molecular complexity index is 1130. The Kier molecular flexibility index (Phi) is 7.13. The number of amides is 1. The first-order valence-electron chi connectivity index (χ1n) is 11.6. The maximum Gasteiger partial charge on any atom is 0.435 e. The van der Waals surface area contributed by atoms with Crippen LogP contribution in [0, 0.1) is 23.6 Å². The van der Waals surface area contributed by atoms with Gasteiger partial charge < -0.3 is 10.0 Å². The van der Waals surface area contributed by atoms with Gasteiger partial charge in [-0.2, -0.15) is 18.3 Å². The lowest BCUT2D eigenvalue weighted by atomic mass is 9.76. The molecule has 1 saturated carbocycles. The van der Waals surface area contributed by atoms with Gasteiger partial charge in [-0.15, -0.1) is 0 Å². The maximum absolute atomic E-state index is 14.4. The Labute approximate surface area is 204 Å². The van der Waals surface area contributed by atoms with E-state index in [1.165, 1.54) is 17.0 Å². The van der Waals surface area contributed by atoms with Crippen LogP contribution in [0.25, 0.3) is 0 Å². The molecule has 0 saturated heterocycles. The quantitative estimate of drug-likeness (QED) is 0.558. The summed E-state index contributed by atoms with van der Waals surface area (Å²) in [5.74, 6) is -2.39. The van der Waals surface area contributed by atoms with Gasteiger partial charge in [0.05, 0.1) is 24.7 Å². The van der Waals surface area contributed by atoms with E-state index in [2.05, 4.69) is 5.10 Å². The van der Waals surface area contributed by atoms with E-state index in [9.17, 15) is 32.3 Å². The molecule has 35 heavy (non-hydrogen) atoms. The molecule has 1 fully saturated rings. The molecule has 1 aliphatic heterocycles. The van der Waals surface area contributed by atoms with Crippen LogP contribution in [0.2, 0.25) is 5.02 Å². The van der Waals surface area contributed by atoms with Gasteiger partial charge in [-0.1, -0.05) is 24.6 Å². The zero-order valence-corrected chi connectivity index (χ0v) is 19.9. The number of hydrogen-bond donors (Lipinski definition) is 1. The highest BCUT2D eigenvalue weighted by molar-refractivity contribution is 6.30. The molecule has 2 heterocycles. The second kappa shape index (κ2) is 9.79. The van der Waals surface area contributed by atoms with Gasteiger partial charge in [-0.05, 0) is 50.2 Å². The van der Waals surface area contributed by atoms with Crippen molar-refractivity contribution in [1.82, 2.24) is 14.7 Å². The first kappa shape index (κ1) is 25.5. The van der Waals surface area contributed by atoms with Crippen LogP contribution in [0.4, 0.5) is 17.6 Å². The van der Waals surface area contributed by atoms with E-state index in [1.54, 1.807) is 6.92 Å². The fourth-order valence-corrected chi connectivity index (χ4v) is 5.35. The highest BCUT2D eigenvalue weighted by Gasteiger charge is 2.42. The number of halogens is 5. The van der Waals surface area contributed by atoms with Crippen molar-refractivity contribution in [1.29, 1.82) is 0 Å². The summed E-state index contributed by atoms with van der Waals surface area (Å²) in [6.45, 7) is 1.65. The number of hydrogen-bond acceptors (Lipinski definition) is 3. The molecule has 1 aliphatic carbocycles. The minimum absolute atomic E-state index is 0.00249. The summed E-state index contributed by atoms with van der Waals surface area (Å²) >= 11 is 5.79. The number of carboxylic acid groups (broad SMARTS) is 1. The zero-order valence-electron chi connectivity index (χ0n) is 19.1. The van der Waals surface area contributed by atoms with Crippen molar-refractivity contribution >= 4 is 23.5 Å². The Balaban J connectivity index is 1.55. The van der Waals surface area contributed by atoms with Crippen LogP contribution in [0.3, 0.4) is 0 Å². The number of benzene rings is 1. The lowest BCUT2D eigenvalue weighted by Crippen LogP contribution is -2.42. The number of carbonyl (C=O) groups excluding carboxylic acids is 1. The predicted octanol–water partition coefficient (Wildman–Crippen LogP) is 5.15. The molecule has 2 aliphatic rings. The number of rotatable bonds is 5. The van der Waals surface area contributed by atoms with E-state index >= 15 is 0 Å². The van der Waals surface area contributed by atoms with Gasteiger partial charge in [-0.25, -0.2) is 4.39 Å². The summed E-state index contributed by atoms with van der Waals surface area (Å²) in [7, 11) is 0. The standard InChI is InChI=1S/C24H26ClF4N3O3/c1-13(14-2-4-15(5-3-14)23(34)35)22(33)31-9-8-18-20(12-31)32(30-21(18)24(27,28)29)11-16-6-7-17(25)10-19(16)26/h6-7,10,13-15H,2-5,8-9,11-12H2,1H3,(H,34,35). The lowest BCUT2D eigenvalue weighted by molar-refractivity contribution is -0.144. The van der Waals surface area contributed by atoms with Crippen molar-refractivity contribution in [2.45, 2.75) is 58.3 Å². The van der Waals surface area contributed by atoms with E-state index < -0.39 is 29.6 Å². The van der Waals surface area contributed by atoms with Crippen LogP contribution in [-0.2, 0) is 35.3 Å². The third-order valence-electron chi connectivity index (χ3n) is 7.27. The molecular weight excluding hydrogens is 490 g/mol. The molecule has 1 atom stereocenters. The van der Waals surface area contributed by atoms with E-state index in [-0.39, 0.29) is 65.6 Å². The molecule has 4 rings (SSSR count). The normalized spacial score (nSPS) is 21.5. The molecule has 190 valence electrons. The average molecular weight is 516 g/mol. The first-order valence-corrected chi connectivity index (χ1v) is 11.9. The maximum atomic E-state index is 14.4. The Morgan fingerprint density at radius 2 is 1.91 bits per heavy atom. The summed E-state index contributed by atoms with van der Waals surface area (Å²) < 4.78 is 56.5. The Morgan fingerprint density at radius 1 is 1.23 bits per heavy atom. The topological polar surface area (TPSA) is 75.4 Å². The van der Waals surface area contributed by atoms with Crippen molar-refractivity contribution in [2.24, 2.45) is 17.8 Å². The van der Waals surface area contributed by atoms with Crippen molar-refractivity contribution in [2.75, 3.05) is 6.54 Å². The van der Waals surface area contributed by atoms with Crippen LogP contribution < -0.4 is 0 Å². The molecule has 1 N–H and O–H groups in total.